The van der Waals surface area contributed by atoms with Crippen LogP contribution in [-0.2, 0) is 11.2 Å². The Morgan fingerprint density at radius 3 is 2.93 bits per heavy atom. The normalized spacial score (nSPS) is 10.1. The third-order valence-corrected chi connectivity index (χ3v) is 2.47. The van der Waals surface area contributed by atoms with Crippen molar-refractivity contribution in [3.63, 3.8) is 0 Å². The van der Waals surface area contributed by atoms with Crippen molar-refractivity contribution in [2.24, 2.45) is 5.73 Å². The molecule has 0 aromatic carbocycles. The Morgan fingerprint density at radius 2 is 2.36 bits per heavy atom. The Bertz CT molecular complexity index is 324. The summed E-state index contributed by atoms with van der Waals surface area (Å²) in [6.45, 7) is 2.55. The van der Waals surface area contributed by atoms with Gasteiger partial charge in [-0.25, -0.2) is 9.78 Å². The van der Waals surface area contributed by atoms with Crippen LogP contribution in [0.2, 0.25) is 0 Å². The zero-order valence-corrected chi connectivity index (χ0v) is 8.76. The number of carbonyl (C=O) groups excluding carboxylic acids is 1. The van der Waals surface area contributed by atoms with Crippen LogP contribution in [0, 0.1) is 0 Å². The standard InChI is InChI=1S/C8H13N3O2S/c1-2-13-8(12)6-7(10)14-5(11-6)3-4-9/h2-4,9-10H2,1H3. The smallest absolute Gasteiger partial charge is 0.360 e. The summed E-state index contributed by atoms with van der Waals surface area (Å²) < 4.78 is 4.79. The van der Waals surface area contributed by atoms with Gasteiger partial charge in [-0.05, 0) is 13.5 Å². The second-order valence-corrected chi connectivity index (χ2v) is 3.69. The summed E-state index contributed by atoms with van der Waals surface area (Å²) in [7, 11) is 0. The average molecular weight is 215 g/mol. The number of nitrogens with zero attached hydrogens (tertiary/aromatic N) is 1. The molecule has 0 unspecified atom stereocenters. The van der Waals surface area contributed by atoms with Crippen LogP contribution in [0.3, 0.4) is 0 Å². The molecule has 78 valence electrons. The van der Waals surface area contributed by atoms with Gasteiger partial charge in [0.25, 0.3) is 0 Å². The van der Waals surface area contributed by atoms with E-state index in [1.807, 2.05) is 0 Å². The number of ether oxygens (including phenoxy) is 1. The fraction of sp³-hybridized carbons (Fsp3) is 0.500. The zero-order valence-electron chi connectivity index (χ0n) is 7.95. The molecule has 0 atom stereocenters. The van der Waals surface area contributed by atoms with E-state index < -0.39 is 5.97 Å². The molecule has 5 nitrogen and oxygen atoms in total. The Hall–Kier alpha value is -1.14. The third kappa shape index (κ3) is 2.43. The zero-order chi connectivity index (χ0) is 10.6. The summed E-state index contributed by atoms with van der Waals surface area (Å²) in [5.74, 6) is -0.468. The van der Waals surface area contributed by atoms with Gasteiger partial charge in [0.15, 0.2) is 5.69 Å². The number of hydrogen-bond acceptors (Lipinski definition) is 6. The number of nitrogens with two attached hydrogens (primary N) is 2. The molecule has 0 saturated heterocycles. The van der Waals surface area contributed by atoms with E-state index in [0.717, 1.165) is 5.01 Å². The van der Waals surface area contributed by atoms with E-state index in [1.165, 1.54) is 11.3 Å². The van der Waals surface area contributed by atoms with Gasteiger partial charge in [-0.15, -0.1) is 11.3 Å². The highest BCUT2D eigenvalue weighted by Gasteiger charge is 2.16. The maximum atomic E-state index is 11.3. The second kappa shape index (κ2) is 4.92. The Labute approximate surface area is 86.1 Å². The highest BCUT2D eigenvalue weighted by Crippen LogP contribution is 2.21. The minimum atomic E-state index is -0.468. The van der Waals surface area contributed by atoms with Gasteiger partial charge in [0.1, 0.15) is 5.00 Å². The Kier molecular flexibility index (Phi) is 3.84. The number of rotatable bonds is 4. The first-order chi connectivity index (χ1) is 6.69. The molecule has 1 rings (SSSR count). The van der Waals surface area contributed by atoms with E-state index in [2.05, 4.69) is 4.98 Å². The van der Waals surface area contributed by atoms with Crippen LogP contribution in [-0.4, -0.2) is 24.1 Å². The minimum Gasteiger partial charge on any atom is -0.461 e. The molecule has 0 amide bonds. The first-order valence-corrected chi connectivity index (χ1v) is 5.13. The van der Waals surface area contributed by atoms with Crippen LogP contribution < -0.4 is 11.5 Å². The lowest BCUT2D eigenvalue weighted by Crippen LogP contribution is -2.08. The molecule has 0 fully saturated rings. The van der Waals surface area contributed by atoms with Crippen molar-refractivity contribution in [3.8, 4) is 0 Å². The van der Waals surface area contributed by atoms with E-state index in [-0.39, 0.29) is 5.69 Å². The third-order valence-electron chi connectivity index (χ3n) is 1.52. The van der Waals surface area contributed by atoms with Crippen molar-refractivity contribution in [3.05, 3.63) is 10.7 Å². The maximum Gasteiger partial charge on any atom is 0.360 e. The van der Waals surface area contributed by atoms with Crippen molar-refractivity contribution in [2.75, 3.05) is 18.9 Å². The van der Waals surface area contributed by atoms with Gasteiger partial charge in [0.2, 0.25) is 0 Å². The lowest BCUT2D eigenvalue weighted by molar-refractivity contribution is 0.0521. The Balaban J connectivity index is 2.81. The molecule has 6 heteroatoms. The summed E-state index contributed by atoms with van der Waals surface area (Å²) in [5.41, 5.74) is 11.2. The topological polar surface area (TPSA) is 91.2 Å². The predicted molar refractivity (Wildman–Crippen MR) is 55.2 cm³/mol. The number of thiazole rings is 1. The molecule has 0 radical (unpaired) electrons. The quantitative estimate of drug-likeness (QED) is 0.709. The monoisotopic (exact) mass is 215 g/mol. The molecule has 0 aliphatic carbocycles. The van der Waals surface area contributed by atoms with Crippen molar-refractivity contribution in [1.29, 1.82) is 0 Å². The highest BCUT2D eigenvalue weighted by molar-refractivity contribution is 7.15. The summed E-state index contributed by atoms with van der Waals surface area (Å²) in [6.07, 6.45) is 0.633. The van der Waals surface area contributed by atoms with Crippen molar-refractivity contribution in [2.45, 2.75) is 13.3 Å². The lowest BCUT2D eigenvalue weighted by Gasteiger charge is -1.97. The molecule has 0 aliphatic heterocycles. The minimum absolute atomic E-state index is 0.209. The van der Waals surface area contributed by atoms with E-state index in [9.17, 15) is 4.79 Å². The first-order valence-electron chi connectivity index (χ1n) is 4.31. The van der Waals surface area contributed by atoms with Gasteiger partial charge in [0, 0.05) is 6.42 Å². The molecule has 14 heavy (non-hydrogen) atoms. The van der Waals surface area contributed by atoms with Gasteiger partial charge >= 0.3 is 5.97 Å². The summed E-state index contributed by atoms with van der Waals surface area (Å²) in [6, 6.07) is 0. The fourth-order valence-corrected chi connectivity index (χ4v) is 1.79. The summed E-state index contributed by atoms with van der Waals surface area (Å²) in [4.78, 5) is 15.4. The number of esters is 1. The average Bonchev–Trinajstić information content (AvgIpc) is 2.48. The molecule has 1 aromatic heterocycles. The van der Waals surface area contributed by atoms with Gasteiger partial charge in [-0.2, -0.15) is 0 Å². The molecule has 1 heterocycles. The van der Waals surface area contributed by atoms with Crippen LogP contribution in [0.4, 0.5) is 5.00 Å². The molecule has 0 saturated carbocycles. The second-order valence-electron chi connectivity index (χ2n) is 2.58. The van der Waals surface area contributed by atoms with E-state index in [1.54, 1.807) is 6.92 Å². The SMILES string of the molecule is CCOC(=O)c1nc(CCN)sc1N. The fourth-order valence-electron chi connectivity index (χ4n) is 0.954. The largest absolute Gasteiger partial charge is 0.461 e. The first kappa shape index (κ1) is 10.9. The van der Waals surface area contributed by atoms with Crippen molar-refractivity contribution >= 4 is 22.3 Å². The van der Waals surface area contributed by atoms with Gasteiger partial charge in [-0.1, -0.05) is 0 Å². The lowest BCUT2D eigenvalue weighted by atomic mass is 10.4. The van der Waals surface area contributed by atoms with E-state index in [0.29, 0.717) is 24.6 Å². The van der Waals surface area contributed by atoms with Gasteiger partial charge < -0.3 is 16.2 Å². The molecule has 1 aromatic rings. The highest BCUT2D eigenvalue weighted by atomic mass is 32.1. The Morgan fingerprint density at radius 1 is 1.64 bits per heavy atom. The molecule has 0 bridgehead atoms. The molecular weight excluding hydrogens is 202 g/mol. The van der Waals surface area contributed by atoms with E-state index >= 15 is 0 Å². The predicted octanol–water partition coefficient (Wildman–Crippen LogP) is 0.403. The van der Waals surface area contributed by atoms with E-state index in [4.69, 9.17) is 16.2 Å². The number of aromatic nitrogens is 1. The maximum absolute atomic E-state index is 11.3. The van der Waals surface area contributed by atoms with Crippen molar-refractivity contribution < 1.29 is 9.53 Å². The van der Waals surface area contributed by atoms with Crippen LogP contribution in [0.1, 0.15) is 22.4 Å². The van der Waals surface area contributed by atoms with Crippen molar-refractivity contribution in [1.82, 2.24) is 4.98 Å². The number of hydrogen-bond donors (Lipinski definition) is 2. The van der Waals surface area contributed by atoms with Crippen LogP contribution in [0.25, 0.3) is 0 Å². The number of carbonyl (C=O) groups is 1. The molecule has 0 spiro atoms. The van der Waals surface area contributed by atoms with Crippen LogP contribution in [0.15, 0.2) is 0 Å². The van der Waals surface area contributed by atoms with Crippen LogP contribution in [0.5, 0.6) is 0 Å². The van der Waals surface area contributed by atoms with Crippen LogP contribution >= 0.6 is 11.3 Å². The van der Waals surface area contributed by atoms with Gasteiger partial charge in [-0.3, -0.25) is 0 Å². The number of anilines is 1. The summed E-state index contributed by atoms with van der Waals surface area (Å²) in [5, 5.41) is 1.17. The summed E-state index contributed by atoms with van der Waals surface area (Å²) >= 11 is 1.28. The number of nitrogen functional groups attached to an aromatic ring is 1. The molecule has 4 N–H and O–H groups in total. The molecular formula is C8H13N3O2S. The van der Waals surface area contributed by atoms with Gasteiger partial charge in [0.05, 0.1) is 11.6 Å². The molecule has 0 aliphatic rings.